The van der Waals surface area contributed by atoms with Crippen LogP contribution in [0.5, 0.6) is 0 Å². The van der Waals surface area contributed by atoms with Crippen LogP contribution in [-0.4, -0.2) is 12.0 Å². The van der Waals surface area contributed by atoms with Gasteiger partial charge in [-0.1, -0.05) is 6.92 Å². The maximum absolute atomic E-state index is 11.3. The fourth-order valence-electron chi connectivity index (χ4n) is 0.266. The number of carbonyl (C=O) groups is 1. The molecule has 0 bridgehead atoms. The first-order valence-electron chi connectivity index (χ1n) is 2.30. The van der Waals surface area contributed by atoms with Crippen molar-refractivity contribution in [3.63, 3.8) is 0 Å². The number of ketones is 1. The van der Waals surface area contributed by atoms with E-state index in [4.69, 9.17) is 0 Å². The molecule has 0 aliphatic rings. The third-order valence-corrected chi connectivity index (χ3v) is 0.614. The fraction of sp³-hybridized carbons (Fsp3) is 0.400. The Balaban J connectivity index is 0. The van der Waals surface area contributed by atoms with Gasteiger partial charge < -0.3 is 5.11 Å². The van der Waals surface area contributed by atoms with Crippen molar-refractivity contribution in [3.05, 3.63) is 11.8 Å². The molecule has 0 rings (SSSR count). The Hall–Kier alpha value is -0.000000000000000222. The Morgan fingerprint density at radius 2 is 1.82 bits per heavy atom. The summed E-state index contributed by atoms with van der Waals surface area (Å²) in [6, 6.07) is 0. The monoisotopic (exact) mass is 176 g/mol. The van der Waals surface area contributed by atoms with E-state index in [-0.39, 0.29) is 35.6 Å². The van der Waals surface area contributed by atoms with Crippen LogP contribution < -0.4 is 34.7 Å². The van der Waals surface area contributed by atoms with Gasteiger partial charge >= 0.3 is 35.7 Å². The van der Waals surface area contributed by atoms with E-state index < -0.39 is 17.7 Å². The Morgan fingerprint density at radius 3 is 1.91 bits per heavy atom. The Kier molecular flexibility index (Phi) is 5.92. The number of allylic oxidation sites excluding steroid dienone is 2. The Labute approximate surface area is 83.4 Å². The minimum atomic E-state index is -4.92. The molecule has 58 valence electrons. The van der Waals surface area contributed by atoms with Crippen LogP contribution in [0.3, 0.4) is 0 Å². The van der Waals surface area contributed by atoms with Gasteiger partial charge in [0.2, 0.25) is 0 Å². The van der Waals surface area contributed by atoms with Crippen molar-refractivity contribution < 1.29 is 52.6 Å². The van der Waals surface area contributed by atoms with Gasteiger partial charge in [0.15, 0.2) is 0 Å². The van der Waals surface area contributed by atoms with E-state index in [9.17, 15) is 23.1 Å². The van der Waals surface area contributed by atoms with Gasteiger partial charge in [0.25, 0.3) is 5.78 Å². The number of hydrogen-bond acceptors (Lipinski definition) is 2. The van der Waals surface area contributed by atoms with Crippen LogP contribution in [0.4, 0.5) is 13.2 Å². The summed E-state index contributed by atoms with van der Waals surface area (Å²) in [5.41, 5.74) is 0. The molecule has 0 aliphatic heterocycles. The van der Waals surface area contributed by atoms with Crippen LogP contribution in [-0.2, 0) is 4.79 Å². The maximum Gasteiger partial charge on any atom is 1.00 e. The van der Waals surface area contributed by atoms with Crippen molar-refractivity contribution >= 4 is 5.78 Å². The molecule has 0 radical (unpaired) electrons. The van der Waals surface area contributed by atoms with Crippen LogP contribution in [0.15, 0.2) is 11.8 Å². The van der Waals surface area contributed by atoms with E-state index in [2.05, 4.69) is 0 Å². The zero-order valence-corrected chi connectivity index (χ0v) is 8.03. The first kappa shape index (κ1) is 13.6. The van der Waals surface area contributed by atoms with Crippen molar-refractivity contribution in [1.82, 2.24) is 0 Å². The topological polar surface area (TPSA) is 40.1 Å². The molecular formula is C5H4F3NaO2. The van der Waals surface area contributed by atoms with Crippen molar-refractivity contribution in [2.75, 3.05) is 0 Å². The van der Waals surface area contributed by atoms with Crippen LogP contribution >= 0.6 is 0 Å². The van der Waals surface area contributed by atoms with Crippen molar-refractivity contribution in [2.45, 2.75) is 13.1 Å². The number of hydrogen-bond donors (Lipinski definition) is 0. The molecule has 0 unspecified atom stereocenters. The summed E-state index contributed by atoms with van der Waals surface area (Å²) in [6.07, 6.45) is -4.91. The molecular weight excluding hydrogens is 172 g/mol. The molecule has 0 spiro atoms. The van der Waals surface area contributed by atoms with Gasteiger partial charge in [-0.2, -0.15) is 13.2 Å². The number of rotatable bonds is 1. The van der Waals surface area contributed by atoms with Gasteiger partial charge in [-0.3, -0.25) is 4.79 Å². The second-order valence-corrected chi connectivity index (χ2v) is 1.62. The SMILES string of the molecule is C/C([O-])=C/C(=O)C(F)(F)F.[Na+]. The largest absolute Gasteiger partial charge is 1.00 e. The molecule has 0 N–H and O–H groups in total. The van der Waals surface area contributed by atoms with Gasteiger partial charge in [-0.05, 0) is 6.08 Å². The molecule has 0 saturated carbocycles. The summed E-state index contributed by atoms with van der Waals surface area (Å²) < 4.78 is 33.8. The molecule has 11 heavy (non-hydrogen) atoms. The molecule has 0 aromatic heterocycles. The average Bonchev–Trinajstić information content (AvgIpc) is 1.60. The summed E-state index contributed by atoms with van der Waals surface area (Å²) >= 11 is 0. The smallest absolute Gasteiger partial charge is 0.876 e. The molecule has 0 saturated heterocycles. The van der Waals surface area contributed by atoms with Crippen molar-refractivity contribution in [3.8, 4) is 0 Å². The first-order chi connectivity index (χ1) is 4.34. The Bertz CT molecular complexity index is 169. The molecule has 0 aromatic rings. The molecule has 0 atom stereocenters. The second-order valence-electron chi connectivity index (χ2n) is 1.62. The second kappa shape index (κ2) is 4.79. The quantitative estimate of drug-likeness (QED) is 0.249. The van der Waals surface area contributed by atoms with E-state index in [1.165, 1.54) is 0 Å². The number of alkyl halides is 3. The van der Waals surface area contributed by atoms with Crippen LogP contribution in [0, 0.1) is 0 Å². The van der Waals surface area contributed by atoms with E-state index in [0.29, 0.717) is 0 Å². The van der Waals surface area contributed by atoms with E-state index in [0.717, 1.165) is 6.92 Å². The summed E-state index contributed by atoms with van der Waals surface area (Å²) in [7, 11) is 0. The third kappa shape index (κ3) is 6.40. The predicted octanol–water partition coefficient (Wildman–Crippen LogP) is -2.61. The molecule has 0 amide bonds. The number of carbonyl (C=O) groups excluding carboxylic acids is 1. The van der Waals surface area contributed by atoms with Gasteiger partial charge in [0.1, 0.15) is 0 Å². The summed E-state index contributed by atoms with van der Waals surface area (Å²) in [6.45, 7) is 0.879. The van der Waals surface area contributed by atoms with Crippen molar-refractivity contribution in [1.29, 1.82) is 0 Å². The third-order valence-electron chi connectivity index (χ3n) is 0.614. The van der Waals surface area contributed by atoms with E-state index in [1.807, 2.05) is 0 Å². The molecule has 0 heterocycles. The van der Waals surface area contributed by atoms with Crippen LogP contribution in [0.1, 0.15) is 6.92 Å². The van der Waals surface area contributed by atoms with Gasteiger partial charge in [0.05, 0.1) is 0 Å². The van der Waals surface area contributed by atoms with Crippen LogP contribution in [0.2, 0.25) is 0 Å². The zero-order valence-electron chi connectivity index (χ0n) is 6.03. The zero-order chi connectivity index (χ0) is 8.36. The minimum Gasteiger partial charge on any atom is -0.876 e. The van der Waals surface area contributed by atoms with Gasteiger partial charge in [0, 0.05) is 0 Å². The summed E-state index contributed by atoms with van der Waals surface area (Å²) in [5, 5.41) is 9.92. The maximum atomic E-state index is 11.3. The predicted molar refractivity (Wildman–Crippen MR) is 24.8 cm³/mol. The summed E-state index contributed by atoms with van der Waals surface area (Å²) in [4.78, 5) is 9.87. The normalized spacial score (nSPS) is 12.2. The van der Waals surface area contributed by atoms with Gasteiger partial charge in [-0.15, -0.1) is 5.76 Å². The molecule has 0 fully saturated rings. The van der Waals surface area contributed by atoms with E-state index in [1.54, 1.807) is 0 Å². The van der Waals surface area contributed by atoms with Crippen molar-refractivity contribution in [2.24, 2.45) is 0 Å². The minimum absolute atomic E-state index is 0. The molecule has 0 aromatic carbocycles. The van der Waals surface area contributed by atoms with Gasteiger partial charge in [-0.25, -0.2) is 0 Å². The van der Waals surface area contributed by atoms with E-state index >= 15 is 0 Å². The Morgan fingerprint density at radius 1 is 1.45 bits per heavy atom. The fourth-order valence-corrected chi connectivity index (χ4v) is 0.266. The first-order valence-corrected chi connectivity index (χ1v) is 2.30. The average molecular weight is 176 g/mol. The van der Waals surface area contributed by atoms with Crippen LogP contribution in [0.25, 0.3) is 0 Å². The standard InChI is InChI=1S/C5H5F3O2.Na/c1-3(9)2-4(10)5(6,7)8;/h2,9H,1H3;/q;+1/p-1/b3-2-;. The number of halogens is 3. The molecule has 2 nitrogen and oxygen atoms in total. The summed E-state index contributed by atoms with van der Waals surface area (Å²) in [5.74, 6) is -3.01. The molecule has 6 heteroatoms. The molecule has 0 aliphatic carbocycles.